The maximum Gasteiger partial charge on any atom is 0.193 e. The highest BCUT2D eigenvalue weighted by Gasteiger charge is 2.29. The van der Waals surface area contributed by atoms with Crippen LogP contribution in [-0.4, -0.2) is 62.1 Å². The number of nitrogens with one attached hydrogen (secondary N) is 1. The summed E-state index contributed by atoms with van der Waals surface area (Å²) in [6, 6.07) is 10.9. The second kappa shape index (κ2) is 9.76. The molecule has 0 amide bonds. The van der Waals surface area contributed by atoms with Gasteiger partial charge in [-0.3, -0.25) is 4.99 Å². The third-order valence-electron chi connectivity index (χ3n) is 5.53. The first kappa shape index (κ1) is 22.2. The molecule has 1 N–H and O–H groups in total. The first-order chi connectivity index (χ1) is 11.3. The fourth-order valence-electron chi connectivity index (χ4n) is 3.32. The van der Waals surface area contributed by atoms with E-state index in [1.165, 1.54) is 12.0 Å². The summed E-state index contributed by atoms with van der Waals surface area (Å²) in [6.07, 6.45) is 1.18. The smallest absolute Gasteiger partial charge is 0.193 e. The van der Waals surface area contributed by atoms with Crippen LogP contribution < -0.4 is 5.32 Å². The van der Waals surface area contributed by atoms with E-state index in [2.05, 4.69) is 85.3 Å². The summed E-state index contributed by atoms with van der Waals surface area (Å²) in [5.74, 6) is 2.31. The molecule has 0 bridgehead atoms. The van der Waals surface area contributed by atoms with Crippen LogP contribution in [0.3, 0.4) is 0 Å². The molecule has 1 aromatic carbocycles. The van der Waals surface area contributed by atoms with E-state index in [4.69, 9.17) is 0 Å². The summed E-state index contributed by atoms with van der Waals surface area (Å²) < 4.78 is 0. The molecule has 0 spiro atoms. The number of hydrogen-bond donors (Lipinski definition) is 1. The number of likely N-dealkylation sites (N-methyl/N-ethyl adjacent to an activating group) is 1. The van der Waals surface area contributed by atoms with Gasteiger partial charge in [-0.1, -0.05) is 37.3 Å². The quantitative estimate of drug-likeness (QED) is 0.425. The number of hydrogen-bond acceptors (Lipinski definition) is 2. The van der Waals surface area contributed by atoms with Crippen LogP contribution in [-0.2, 0) is 0 Å². The Morgan fingerprint density at radius 2 is 1.92 bits per heavy atom. The van der Waals surface area contributed by atoms with Gasteiger partial charge in [0.25, 0.3) is 0 Å². The molecule has 142 valence electrons. The van der Waals surface area contributed by atoms with Crippen molar-refractivity contribution in [3.63, 3.8) is 0 Å². The van der Waals surface area contributed by atoms with Crippen molar-refractivity contribution in [2.45, 2.75) is 38.6 Å². The van der Waals surface area contributed by atoms with Gasteiger partial charge >= 0.3 is 0 Å². The van der Waals surface area contributed by atoms with Crippen molar-refractivity contribution in [3.8, 4) is 0 Å². The third-order valence-corrected chi connectivity index (χ3v) is 5.53. The van der Waals surface area contributed by atoms with Crippen molar-refractivity contribution in [3.05, 3.63) is 35.9 Å². The lowest BCUT2D eigenvalue weighted by Gasteiger charge is -2.40. The lowest BCUT2D eigenvalue weighted by atomic mass is 9.82. The predicted octanol–water partition coefficient (Wildman–Crippen LogP) is 3.65. The van der Waals surface area contributed by atoms with Crippen LogP contribution in [0.5, 0.6) is 0 Å². The van der Waals surface area contributed by atoms with Crippen molar-refractivity contribution in [1.29, 1.82) is 0 Å². The zero-order valence-electron chi connectivity index (χ0n) is 16.6. The molecule has 0 saturated carbocycles. The summed E-state index contributed by atoms with van der Waals surface area (Å²) in [5, 5.41) is 3.57. The highest BCUT2D eigenvalue weighted by molar-refractivity contribution is 14.0. The Kier molecular flexibility index (Phi) is 8.68. The number of rotatable bonds is 4. The summed E-state index contributed by atoms with van der Waals surface area (Å²) in [7, 11) is 6.13. The average Bonchev–Trinajstić information content (AvgIpc) is 2.56. The number of nitrogens with zero attached hydrogens (tertiary/aromatic N) is 3. The van der Waals surface area contributed by atoms with Crippen molar-refractivity contribution in [2.24, 2.45) is 10.9 Å². The van der Waals surface area contributed by atoms with E-state index in [9.17, 15) is 0 Å². The number of likely N-dealkylation sites (tertiary alicyclic amines) is 1. The third kappa shape index (κ3) is 5.84. The van der Waals surface area contributed by atoms with Gasteiger partial charge in [-0.2, -0.15) is 0 Å². The number of piperidine rings is 1. The monoisotopic (exact) mass is 458 g/mol. The van der Waals surface area contributed by atoms with Crippen molar-refractivity contribution in [1.82, 2.24) is 15.1 Å². The van der Waals surface area contributed by atoms with Crippen LogP contribution in [0.2, 0.25) is 0 Å². The van der Waals surface area contributed by atoms with Crippen LogP contribution in [0.15, 0.2) is 35.3 Å². The number of benzene rings is 1. The average molecular weight is 458 g/mol. The van der Waals surface area contributed by atoms with Crippen LogP contribution in [0.25, 0.3) is 0 Å². The molecular formula is C20H35IN4. The summed E-state index contributed by atoms with van der Waals surface area (Å²) in [4.78, 5) is 9.18. The molecule has 0 aliphatic carbocycles. The lowest BCUT2D eigenvalue weighted by Crippen LogP contribution is -2.53. The molecule has 2 unspecified atom stereocenters. The van der Waals surface area contributed by atoms with Crippen molar-refractivity contribution in [2.75, 3.05) is 40.8 Å². The summed E-state index contributed by atoms with van der Waals surface area (Å²) in [5.41, 5.74) is 1.57. The normalized spacial score (nSPS) is 21.9. The Morgan fingerprint density at radius 3 is 2.44 bits per heavy atom. The Balaban J connectivity index is 0.00000312. The fraction of sp³-hybridized carbons (Fsp3) is 0.650. The van der Waals surface area contributed by atoms with Crippen LogP contribution in [0, 0.1) is 5.92 Å². The molecule has 1 heterocycles. The first-order valence-electron chi connectivity index (χ1n) is 9.03. The highest BCUT2D eigenvalue weighted by Crippen LogP contribution is 2.32. The zero-order chi connectivity index (χ0) is 17.7. The van der Waals surface area contributed by atoms with Gasteiger partial charge in [-0.05, 0) is 51.8 Å². The Hall–Kier alpha value is -0.820. The number of aliphatic imine (C=N–C) groups is 1. The van der Waals surface area contributed by atoms with E-state index in [0.29, 0.717) is 11.8 Å². The molecule has 0 radical (unpaired) electrons. The number of guanidine groups is 1. The second-order valence-electron chi connectivity index (χ2n) is 7.84. The first-order valence-corrected chi connectivity index (χ1v) is 9.03. The lowest BCUT2D eigenvalue weighted by molar-refractivity contribution is 0.191. The van der Waals surface area contributed by atoms with Gasteiger partial charge in [0.05, 0.1) is 0 Å². The van der Waals surface area contributed by atoms with Crippen LogP contribution in [0.4, 0.5) is 0 Å². The van der Waals surface area contributed by atoms with Gasteiger partial charge in [-0.15, -0.1) is 24.0 Å². The van der Waals surface area contributed by atoms with E-state index in [0.717, 1.165) is 25.6 Å². The highest BCUT2D eigenvalue weighted by atomic mass is 127. The van der Waals surface area contributed by atoms with Crippen LogP contribution >= 0.6 is 24.0 Å². The maximum atomic E-state index is 4.52. The van der Waals surface area contributed by atoms with E-state index in [-0.39, 0.29) is 29.5 Å². The molecule has 0 aromatic heterocycles. The minimum atomic E-state index is 0. The van der Waals surface area contributed by atoms with Gasteiger partial charge in [-0.25, -0.2) is 0 Å². The Morgan fingerprint density at radius 1 is 1.28 bits per heavy atom. The van der Waals surface area contributed by atoms with Gasteiger partial charge in [0.2, 0.25) is 0 Å². The molecule has 25 heavy (non-hydrogen) atoms. The van der Waals surface area contributed by atoms with E-state index < -0.39 is 0 Å². The molecule has 2 rings (SSSR count). The van der Waals surface area contributed by atoms with Crippen molar-refractivity contribution >= 4 is 29.9 Å². The minimum Gasteiger partial charge on any atom is -0.354 e. The zero-order valence-corrected chi connectivity index (χ0v) is 19.0. The molecule has 2 atom stereocenters. The number of halogens is 1. The SMILES string of the molecule is CN=C(NCC(C)(C)N(C)C)N1CCC(c2ccccc2)C(C)C1.I. The maximum absolute atomic E-state index is 4.52. The molecule has 4 nitrogen and oxygen atoms in total. The molecule has 5 heteroatoms. The van der Waals surface area contributed by atoms with Gasteiger partial charge in [0.15, 0.2) is 5.96 Å². The van der Waals surface area contributed by atoms with E-state index in [1.807, 2.05) is 7.05 Å². The van der Waals surface area contributed by atoms with Gasteiger partial charge in [0.1, 0.15) is 0 Å². The van der Waals surface area contributed by atoms with E-state index in [1.54, 1.807) is 0 Å². The molecular weight excluding hydrogens is 423 g/mol. The second-order valence-corrected chi connectivity index (χ2v) is 7.84. The van der Waals surface area contributed by atoms with Crippen molar-refractivity contribution < 1.29 is 0 Å². The molecule has 1 aliphatic rings. The molecule has 1 aromatic rings. The Labute approximate surface area is 171 Å². The largest absolute Gasteiger partial charge is 0.354 e. The topological polar surface area (TPSA) is 30.9 Å². The fourth-order valence-corrected chi connectivity index (χ4v) is 3.32. The summed E-state index contributed by atoms with van der Waals surface area (Å²) >= 11 is 0. The molecule has 1 saturated heterocycles. The standard InChI is InChI=1S/C20H34N4.HI/c1-16-14-24(13-12-18(16)17-10-8-7-9-11-17)19(21-4)22-15-20(2,3)23(5)6;/h7-11,16,18H,12-15H2,1-6H3,(H,21,22);1H. The van der Waals surface area contributed by atoms with E-state index >= 15 is 0 Å². The predicted molar refractivity (Wildman–Crippen MR) is 119 cm³/mol. The summed E-state index contributed by atoms with van der Waals surface area (Å²) in [6.45, 7) is 9.86. The molecule has 1 aliphatic heterocycles. The van der Waals surface area contributed by atoms with Gasteiger partial charge < -0.3 is 15.1 Å². The van der Waals surface area contributed by atoms with Gasteiger partial charge in [0, 0.05) is 32.2 Å². The van der Waals surface area contributed by atoms with Crippen LogP contribution in [0.1, 0.15) is 38.7 Å². The Bertz CT molecular complexity index is 542. The minimum absolute atomic E-state index is 0. The molecule has 1 fully saturated rings.